The Morgan fingerprint density at radius 2 is 2.00 bits per heavy atom. The SMILES string of the molecule is CCC1(O)CCN(C(C(=O)O)c2cccc(Cl)c2Cl)CC1. The Kier molecular flexibility index (Phi) is 5.15. The average Bonchev–Trinajstić information content (AvgIpc) is 2.46. The fourth-order valence-electron chi connectivity index (χ4n) is 2.77. The van der Waals surface area contributed by atoms with Gasteiger partial charge in [0.25, 0.3) is 0 Å². The van der Waals surface area contributed by atoms with Gasteiger partial charge in [-0.25, -0.2) is 0 Å². The molecule has 2 N–H and O–H groups in total. The van der Waals surface area contributed by atoms with E-state index in [1.54, 1.807) is 18.2 Å². The van der Waals surface area contributed by atoms with Crippen molar-refractivity contribution in [3.8, 4) is 0 Å². The molecule has 0 spiro atoms. The van der Waals surface area contributed by atoms with Gasteiger partial charge in [0.05, 0.1) is 15.6 Å². The topological polar surface area (TPSA) is 60.8 Å². The van der Waals surface area contributed by atoms with Crippen LogP contribution >= 0.6 is 23.2 Å². The first-order valence-corrected chi connectivity index (χ1v) is 7.77. The summed E-state index contributed by atoms with van der Waals surface area (Å²) in [5, 5.41) is 20.5. The lowest BCUT2D eigenvalue weighted by atomic mass is 9.87. The largest absolute Gasteiger partial charge is 0.480 e. The van der Waals surface area contributed by atoms with E-state index in [1.807, 2.05) is 11.8 Å². The maximum Gasteiger partial charge on any atom is 0.325 e. The van der Waals surface area contributed by atoms with Crippen molar-refractivity contribution in [1.29, 1.82) is 0 Å². The number of aliphatic carboxylic acids is 1. The number of hydrogen-bond donors (Lipinski definition) is 2. The minimum atomic E-state index is -0.957. The molecule has 116 valence electrons. The molecule has 0 saturated carbocycles. The zero-order valence-electron chi connectivity index (χ0n) is 11.9. The second-order valence-corrected chi connectivity index (χ2v) is 6.28. The number of nitrogens with zero attached hydrogens (tertiary/aromatic N) is 1. The number of aliphatic hydroxyl groups is 1. The Morgan fingerprint density at radius 1 is 1.38 bits per heavy atom. The van der Waals surface area contributed by atoms with Crippen LogP contribution in [0.1, 0.15) is 37.8 Å². The van der Waals surface area contributed by atoms with Gasteiger partial charge in [-0.1, -0.05) is 42.3 Å². The van der Waals surface area contributed by atoms with Gasteiger partial charge in [0.1, 0.15) is 6.04 Å². The number of carboxylic acid groups (broad SMARTS) is 1. The average molecular weight is 332 g/mol. The third kappa shape index (κ3) is 3.51. The third-order valence-corrected chi connectivity index (χ3v) is 5.10. The molecule has 1 aliphatic rings. The second-order valence-electron chi connectivity index (χ2n) is 5.50. The maximum absolute atomic E-state index is 11.7. The van der Waals surface area contributed by atoms with Crippen LogP contribution in [-0.4, -0.2) is 39.8 Å². The molecule has 6 heteroatoms. The van der Waals surface area contributed by atoms with Gasteiger partial charge in [-0.05, 0) is 25.3 Å². The Morgan fingerprint density at radius 3 is 2.52 bits per heavy atom. The molecule has 2 rings (SSSR count). The van der Waals surface area contributed by atoms with Crippen LogP contribution in [0.3, 0.4) is 0 Å². The number of carbonyl (C=O) groups is 1. The number of benzene rings is 1. The monoisotopic (exact) mass is 331 g/mol. The summed E-state index contributed by atoms with van der Waals surface area (Å²) in [6.07, 6.45) is 1.80. The predicted molar refractivity (Wildman–Crippen MR) is 82.9 cm³/mol. The van der Waals surface area contributed by atoms with Crippen LogP contribution in [0.15, 0.2) is 18.2 Å². The molecule has 1 fully saturated rings. The molecule has 0 aliphatic carbocycles. The lowest BCUT2D eigenvalue weighted by molar-refractivity contribution is -0.145. The lowest BCUT2D eigenvalue weighted by Gasteiger charge is -2.40. The minimum absolute atomic E-state index is 0.280. The first kappa shape index (κ1) is 16.6. The fourth-order valence-corrected chi connectivity index (χ4v) is 3.18. The van der Waals surface area contributed by atoms with Crippen molar-refractivity contribution >= 4 is 29.2 Å². The molecule has 1 aromatic carbocycles. The number of rotatable bonds is 4. The van der Waals surface area contributed by atoms with Crippen molar-refractivity contribution in [1.82, 2.24) is 4.90 Å². The smallest absolute Gasteiger partial charge is 0.325 e. The van der Waals surface area contributed by atoms with Gasteiger partial charge in [-0.15, -0.1) is 0 Å². The molecule has 1 aromatic rings. The van der Waals surface area contributed by atoms with E-state index < -0.39 is 17.6 Å². The molecule has 0 radical (unpaired) electrons. The number of likely N-dealkylation sites (tertiary alicyclic amines) is 1. The molecule has 4 nitrogen and oxygen atoms in total. The van der Waals surface area contributed by atoms with E-state index in [0.29, 0.717) is 42.9 Å². The van der Waals surface area contributed by atoms with Crippen molar-refractivity contribution in [2.24, 2.45) is 0 Å². The summed E-state index contributed by atoms with van der Waals surface area (Å²) in [5.74, 6) is -0.957. The molecule has 1 atom stereocenters. The van der Waals surface area contributed by atoms with Gasteiger partial charge < -0.3 is 10.2 Å². The quantitative estimate of drug-likeness (QED) is 0.888. The number of carboxylic acids is 1. The first-order valence-electron chi connectivity index (χ1n) is 7.01. The highest BCUT2D eigenvalue weighted by Gasteiger charge is 2.37. The highest BCUT2D eigenvalue weighted by molar-refractivity contribution is 6.42. The van der Waals surface area contributed by atoms with Gasteiger partial charge in [-0.3, -0.25) is 9.69 Å². The van der Waals surface area contributed by atoms with Crippen molar-refractivity contribution in [2.75, 3.05) is 13.1 Å². The van der Waals surface area contributed by atoms with Crippen LogP contribution in [0.2, 0.25) is 10.0 Å². The summed E-state index contributed by atoms with van der Waals surface area (Å²) in [6.45, 7) is 2.98. The summed E-state index contributed by atoms with van der Waals surface area (Å²) < 4.78 is 0. The highest BCUT2D eigenvalue weighted by atomic mass is 35.5. The van der Waals surface area contributed by atoms with Crippen LogP contribution in [-0.2, 0) is 4.79 Å². The normalized spacial score (nSPS) is 20.2. The maximum atomic E-state index is 11.7. The third-order valence-electron chi connectivity index (χ3n) is 4.26. The number of hydrogen-bond acceptors (Lipinski definition) is 3. The molecule has 1 aliphatic heterocycles. The van der Waals surface area contributed by atoms with Crippen molar-refractivity contribution in [2.45, 2.75) is 37.8 Å². The Labute approximate surface area is 134 Å². The summed E-state index contributed by atoms with van der Waals surface area (Å²) in [4.78, 5) is 13.5. The van der Waals surface area contributed by atoms with Crippen LogP contribution in [0.25, 0.3) is 0 Å². The van der Waals surface area contributed by atoms with Gasteiger partial charge in [0, 0.05) is 18.7 Å². The molecule has 0 bridgehead atoms. The minimum Gasteiger partial charge on any atom is -0.480 e. The van der Waals surface area contributed by atoms with Crippen LogP contribution in [0.4, 0.5) is 0 Å². The standard InChI is InChI=1S/C15H19Cl2NO3/c1-2-15(21)6-8-18(9-7-15)13(14(19)20)10-4-3-5-11(16)12(10)17/h3-5,13,21H,2,6-9H2,1H3,(H,19,20). The van der Waals surface area contributed by atoms with Crippen LogP contribution in [0, 0.1) is 0 Å². The van der Waals surface area contributed by atoms with Gasteiger partial charge in [0.15, 0.2) is 0 Å². The van der Waals surface area contributed by atoms with E-state index in [1.165, 1.54) is 0 Å². The van der Waals surface area contributed by atoms with Crippen LogP contribution < -0.4 is 0 Å². The number of halogens is 2. The Balaban J connectivity index is 2.25. The Bertz CT molecular complexity index is 528. The molecule has 0 aromatic heterocycles. The summed E-state index contributed by atoms with van der Waals surface area (Å²) in [7, 11) is 0. The molecular formula is C15H19Cl2NO3. The van der Waals surface area contributed by atoms with Crippen molar-refractivity contribution < 1.29 is 15.0 Å². The van der Waals surface area contributed by atoms with E-state index in [0.717, 1.165) is 0 Å². The van der Waals surface area contributed by atoms with Gasteiger partial charge in [-0.2, -0.15) is 0 Å². The van der Waals surface area contributed by atoms with Crippen molar-refractivity contribution in [3.63, 3.8) is 0 Å². The summed E-state index contributed by atoms with van der Waals surface area (Å²) in [6, 6.07) is 4.19. The van der Waals surface area contributed by atoms with Crippen LogP contribution in [0.5, 0.6) is 0 Å². The van der Waals surface area contributed by atoms with E-state index in [2.05, 4.69) is 0 Å². The summed E-state index contributed by atoms with van der Waals surface area (Å²) in [5.41, 5.74) is -0.184. The summed E-state index contributed by atoms with van der Waals surface area (Å²) >= 11 is 12.1. The highest BCUT2D eigenvalue weighted by Crippen LogP contribution is 2.36. The van der Waals surface area contributed by atoms with E-state index in [9.17, 15) is 15.0 Å². The van der Waals surface area contributed by atoms with Gasteiger partial charge in [0.2, 0.25) is 0 Å². The van der Waals surface area contributed by atoms with E-state index >= 15 is 0 Å². The Hall–Kier alpha value is -0.810. The predicted octanol–water partition coefficient (Wildman–Crippen LogP) is 3.36. The fraction of sp³-hybridized carbons (Fsp3) is 0.533. The second kappa shape index (κ2) is 6.53. The molecule has 1 heterocycles. The molecule has 1 unspecified atom stereocenters. The van der Waals surface area contributed by atoms with E-state index in [4.69, 9.17) is 23.2 Å². The van der Waals surface area contributed by atoms with Gasteiger partial charge >= 0.3 is 5.97 Å². The molecule has 0 amide bonds. The molecule has 1 saturated heterocycles. The molecular weight excluding hydrogens is 313 g/mol. The van der Waals surface area contributed by atoms with Crippen molar-refractivity contribution in [3.05, 3.63) is 33.8 Å². The number of piperidine rings is 1. The lowest BCUT2D eigenvalue weighted by Crippen LogP contribution is -2.47. The first-order chi connectivity index (χ1) is 9.88. The molecule has 21 heavy (non-hydrogen) atoms. The zero-order valence-corrected chi connectivity index (χ0v) is 13.4. The zero-order chi connectivity index (χ0) is 15.6. The van der Waals surface area contributed by atoms with E-state index in [-0.39, 0.29) is 5.02 Å².